The van der Waals surface area contributed by atoms with Gasteiger partial charge < -0.3 is 10.1 Å². The number of hydrogen-bond acceptors (Lipinski definition) is 4. The van der Waals surface area contributed by atoms with Gasteiger partial charge in [-0.05, 0) is 43.7 Å². The molecule has 2 aromatic rings. The van der Waals surface area contributed by atoms with E-state index >= 15 is 0 Å². The first-order valence-corrected chi connectivity index (χ1v) is 9.64. The van der Waals surface area contributed by atoms with Gasteiger partial charge in [-0.3, -0.25) is 4.79 Å². The SMILES string of the molecule is COc1ccc(NC(c2ccccc2)C(C)(C)C(=O)SC(C)(C)C)cc1. The highest BCUT2D eigenvalue weighted by Crippen LogP contribution is 2.42. The molecule has 4 heteroatoms. The Labute approximate surface area is 161 Å². The van der Waals surface area contributed by atoms with Crippen LogP contribution in [0.1, 0.15) is 46.2 Å². The molecule has 2 rings (SSSR count). The highest BCUT2D eigenvalue weighted by Gasteiger charge is 2.39. The highest BCUT2D eigenvalue weighted by atomic mass is 32.2. The third kappa shape index (κ3) is 5.28. The van der Waals surface area contributed by atoms with Crippen LogP contribution in [0.5, 0.6) is 5.75 Å². The van der Waals surface area contributed by atoms with Gasteiger partial charge in [0.2, 0.25) is 0 Å². The third-order valence-electron chi connectivity index (χ3n) is 4.18. The Kier molecular flexibility index (Phi) is 6.40. The molecular weight excluding hydrogens is 342 g/mol. The zero-order valence-electron chi connectivity index (χ0n) is 16.5. The van der Waals surface area contributed by atoms with Crippen molar-refractivity contribution in [3.63, 3.8) is 0 Å². The van der Waals surface area contributed by atoms with Crippen molar-refractivity contribution in [2.75, 3.05) is 12.4 Å². The van der Waals surface area contributed by atoms with Crippen molar-refractivity contribution < 1.29 is 9.53 Å². The minimum atomic E-state index is -0.584. The fourth-order valence-corrected chi connectivity index (χ4v) is 3.64. The van der Waals surface area contributed by atoms with Crippen LogP contribution in [-0.4, -0.2) is 17.0 Å². The standard InChI is InChI=1S/C22H29NO2S/c1-21(2,3)26-20(24)22(4,5)19(16-10-8-7-9-11-16)23-17-12-14-18(25-6)15-13-17/h7-15,19,23H,1-6H3. The van der Waals surface area contributed by atoms with E-state index in [1.54, 1.807) is 7.11 Å². The lowest BCUT2D eigenvalue weighted by Crippen LogP contribution is -2.36. The fourth-order valence-electron chi connectivity index (χ4n) is 2.71. The molecule has 0 aliphatic rings. The van der Waals surface area contributed by atoms with Gasteiger partial charge in [0.15, 0.2) is 5.12 Å². The number of thioether (sulfide) groups is 1. The largest absolute Gasteiger partial charge is 0.497 e. The quantitative estimate of drug-likeness (QED) is 0.683. The molecule has 26 heavy (non-hydrogen) atoms. The van der Waals surface area contributed by atoms with Gasteiger partial charge in [-0.15, -0.1) is 0 Å². The van der Waals surface area contributed by atoms with Crippen LogP contribution < -0.4 is 10.1 Å². The van der Waals surface area contributed by atoms with E-state index in [-0.39, 0.29) is 15.9 Å². The van der Waals surface area contributed by atoms with Crippen LogP contribution in [0.4, 0.5) is 5.69 Å². The van der Waals surface area contributed by atoms with Crippen LogP contribution in [0.3, 0.4) is 0 Å². The van der Waals surface area contributed by atoms with E-state index < -0.39 is 5.41 Å². The first-order chi connectivity index (χ1) is 12.1. The number of hydrogen-bond donors (Lipinski definition) is 1. The summed E-state index contributed by atoms with van der Waals surface area (Å²) in [4.78, 5) is 13.1. The van der Waals surface area contributed by atoms with Crippen molar-refractivity contribution in [3.05, 3.63) is 60.2 Å². The van der Waals surface area contributed by atoms with E-state index in [0.717, 1.165) is 17.0 Å². The summed E-state index contributed by atoms with van der Waals surface area (Å²) in [7, 11) is 1.65. The highest BCUT2D eigenvalue weighted by molar-refractivity contribution is 8.14. The molecule has 1 atom stereocenters. The van der Waals surface area contributed by atoms with Crippen LogP contribution in [0.2, 0.25) is 0 Å². The van der Waals surface area contributed by atoms with Crippen LogP contribution in [0.15, 0.2) is 54.6 Å². The molecule has 0 saturated carbocycles. The van der Waals surface area contributed by atoms with Gasteiger partial charge in [-0.25, -0.2) is 0 Å². The number of methoxy groups -OCH3 is 1. The molecule has 3 nitrogen and oxygen atoms in total. The average molecular weight is 372 g/mol. The molecule has 1 unspecified atom stereocenters. The molecule has 0 aliphatic carbocycles. The topological polar surface area (TPSA) is 38.3 Å². The Bertz CT molecular complexity index is 718. The molecule has 0 heterocycles. The first kappa shape index (κ1) is 20.4. The number of nitrogens with one attached hydrogen (secondary N) is 1. The molecule has 0 bridgehead atoms. The Hall–Kier alpha value is -1.94. The molecule has 0 fully saturated rings. The number of carbonyl (C=O) groups excluding carboxylic acids is 1. The van der Waals surface area contributed by atoms with E-state index in [4.69, 9.17) is 4.74 Å². The van der Waals surface area contributed by atoms with Gasteiger partial charge in [0, 0.05) is 10.4 Å². The molecule has 0 spiro atoms. The summed E-state index contributed by atoms with van der Waals surface area (Å²) in [6, 6.07) is 17.8. The van der Waals surface area contributed by atoms with Crippen molar-refractivity contribution in [3.8, 4) is 5.75 Å². The smallest absolute Gasteiger partial charge is 0.197 e. The minimum absolute atomic E-state index is 0.115. The molecule has 0 radical (unpaired) electrons. The van der Waals surface area contributed by atoms with Crippen LogP contribution in [-0.2, 0) is 4.79 Å². The summed E-state index contributed by atoms with van der Waals surface area (Å²) in [5.41, 5.74) is 1.47. The van der Waals surface area contributed by atoms with Crippen LogP contribution in [0, 0.1) is 5.41 Å². The number of rotatable bonds is 6. The predicted octanol–water partition coefficient (Wildman–Crippen LogP) is 5.93. The maximum atomic E-state index is 13.1. The second-order valence-corrected chi connectivity index (χ2v) is 9.74. The molecule has 0 aliphatic heterocycles. The van der Waals surface area contributed by atoms with E-state index in [1.165, 1.54) is 11.8 Å². The Morgan fingerprint density at radius 1 is 0.962 bits per heavy atom. The molecule has 0 amide bonds. The van der Waals surface area contributed by atoms with Gasteiger partial charge in [-0.2, -0.15) is 0 Å². The maximum Gasteiger partial charge on any atom is 0.197 e. The van der Waals surface area contributed by atoms with Crippen LogP contribution >= 0.6 is 11.8 Å². The number of benzene rings is 2. The molecule has 1 N–H and O–H groups in total. The lowest BCUT2D eigenvalue weighted by molar-refractivity contribution is -0.119. The minimum Gasteiger partial charge on any atom is -0.497 e. The molecule has 2 aromatic carbocycles. The van der Waals surface area contributed by atoms with Gasteiger partial charge in [0.25, 0.3) is 0 Å². The second kappa shape index (κ2) is 8.17. The van der Waals surface area contributed by atoms with Gasteiger partial charge in [0.1, 0.15) is 5.75 Å². The third-order valence-corrected chi connectivity index (χ3v) is 5.50. The summed E-state index contributed by atoms with van der Waals surface area (Å²) < 4.78 is 5.12. The predicted molar refractivity (Wildman–Crippen MR) is 112 cm³/mol. The van der Waals surface area contributed by atoms with Crippen molar-refractivity contribution in [2.24, 2.45) is 5.41 Å². The maximum absolute atomic E-state index is 13.1. The Morgan fingerprint density at radius 2 is 1.54 bits per heavy atom. The lowest BCUT2D eigenvalue weighted by Gasteiger charge is -2.36. The normalized spacial score (nSPS) is 13.2. The number of anilines is 1. The summed E-state index contributed by atoms with van der Waals surface area (Å²) >= 11 is 1.40. The van der Waals surface area contributed by atoms with Crippen molar-refractivity contribution in [1.29, 1.82) is 0 Å². The summed E-state index contributed by atoms with van der Waals surface area (Å²) in [5.74, 6) is 0.811. The van der Waals surface area contributed by atoms with E-state index in [1.807, 2.05) is 56.3 Å². The molecular formula is C22H29NO2S. The van der Waals surface area contributed by atoms with E-state index in [9.17, 15) is 4.79 Å². The zero-order chi connectivity index (χ0) is 19.4. The lowest BCUT2D eigenvalue weighted by atomic mass is 9.81. The summed E-state index contributed by atoms with van der Waals surface area (Å²) in [6.07, 6.45) is 0. The van der Waals surface area contributed by atoms with Crippen molar-refractivity contribution in [1.82, 2.24) is 0 Å². The van der Waals surface area contributed by atoms with Gasteiger partial charge in [-0.1, -0.05) is 62.9 Å². The molecule has 0 saturated heterocycles. The van der Waals surface area contributed by atoms with Crippen LogP contribution in [0.25, 0.3) is 0 Å². The average Bonchev–Trinajstić information content (AvgIpc) is 2.59. The number of carbonyl (C=O) groups is 1. The molecule has 140 valence electrons. The monoisotopic (exact) mass is 371 g/mol. The molecule has 0 aromatic heterocycles. The van der Waals surface area contributed by atoms with Gasteiger partial charge >= 0.3 is 0 Å². The number of ether oxygens (including phenoxy) is 1. The van der Waals surface area contributed by atoms with E-state index in [2.05, 4.69) is 38.2 Å². The van der Waals surface area contributed by atoms with Crippen molar-refractivity contribution in [2.45, 2.75) is 45.4 Å². The summed E-state index contributed by atoms with van der Waals surface area (Å²) in [6.45, 7) is 10.2. The zero-order valence-corrected chi connectivity index (χ0v) is 17.3. The second-order valence-electron chi connectivity index (χ2n) is 7.94. The van der Waals surface area contributed by atoms with Gasteiger partial charge in [0.05, 0.1) is 18.6 Å². The van der Waals surface area contributed by atoms with E-state index in [0.29, 0.717) is 0 Å². The summed E-state index contributed by atoms with van der Waals surface area (Å²) in [5, 5.41) is 3.74. The fraction of sp³-hybridized carbons (Fsp3) is 0.409. The van der Waals surface area contributed by atoms with Crippen molar-refractivity contribution >= 4 is 22.6 Å². The Balaban J connectivity index is 2.35. The first-order valence-electron chi connectivity index (χ1n) is 8.82. The Morgan fingerprint density at radius 3 is 2.04 bits per heavy atom.